The standard InChI is InChI=1S/C12H26N2O2/c1-5-12(6-2,9-15)13-8-7-11(16)14-10(3)4/h10,13,15H,5-9H2,1-4H3,(H,14,16). The maximum Gasteiger partial charge on any atom is 0.221 e. The SMILES string of the molecule is CCC(CC)(CO)NCCC(=O)NC(C)C. The number of nitrogens with one attached hydrogen (secondary N) is 2. The Kier molecular flexibility index (Phi) is 7.34. The second-order valence-electron chi connectivity index (χ2n) is 4.54. The molecule has 0 heterocycles. The molecule has 0 aliphatic carbocycles. The topological polar surface area (TPSA) is 61.4 Å². The summed E-state index contributed by atoms with van der Waals surface area (Å²) < 4.78 is 0. The number of aliphatic hydroxyl groups is 1. The summed E-state index contributed by atoms with van der Waals surface area (Å²) >= 11 is 0. The van der Waals surface area contributed by atoms with Crippen molar-refractivity contribution in [1.29, 1.82) is 0 Å². The molecule has 3 N–H and O–H groups in total. The van der Waals surface area contributed by atoms with E-state index < -0.39 is 0 Å². The molecule has 0 aromatic rings. The number of amides is 1. The third-order valence-electron chi connectivity index (χ3n) is 2.96. The van der Waals surface area contributed by atoms with Crippen LogP contribution in [0.15, 0.2) is 0 Å². The Morgan fingerprint density at radius 1 is 1.31 bits per heavy atom. The second kappa shape index (κ2) is 7.63. The maximum atomic E-state index is 11.4. The van der Waals surface area contributed by atoms with E-state index in [1.54, 1.807) is 0 Å². The Hall–Kier alpha value is -0.610. The van der Waals surface area contributed by atoms with Crippen molar-refractivity contribution >= 4 is 5.91 Å². The Bertz CT molecular complexity index is 193. The van der Waals surface area contributed by atoms with Gasteiger partial charge in [-0.15, -0.1) is 0 Å². The first-order valence-corrected chi connectivity index (χ1v) is 6.15. The van der Waals surface area contributed by atoms with Crippen LogP contribution in [-0.2, 0) is 4.79 Å². The van der Waals surface area contributed by atoms with Gasteiger partial charge in [0, 0.05) is 24.5 Å². The van der Waals surface area contributed by atoms with Crippen LogP contribution in [0.4, 0.5) is 0 Å². The lowest BCUT2D eigenvalue weighted by Gasteiger charge is -2.30. The van der Waals surface area contributed by atoms with Gasteiger partial charge in [-0.3, -0.25) is 4.79 Å². The predicted molar refractivity (Wildman–Crippen MR) is 66.3 cm³/mol. The minimum absolute atomic E-state index is 0.0570. The van der Waals surface area contributed by atoms with Crippen LogP contribution in [0.2, 0.25) is 0 Å². The summed E-state index contributed by atoms with van der Waals surface area (Å²) in [6.45, 7) is 8.71. The van der Waals surface area contributed by atoms with Gasteiger partial charge in [0.05, 0.1) is 6.61 Å². The van der Waals surface area contributed by atoms with E-state index in [0.717, 1.165) is 12.8 Å². The number of carbonyl (C=O) groups excluding carboxylic acids is 1. The molecule has 96 valence electrons. The Labute approximate surface area is 98.8 Å². The zero-order valence-corrected chi connectivity index (χ0v) is 11.0. The van der Waals surface area contributed by atoms with Crippen LogP contribution in [0.5, 0.6) is 0 Å². The van der Waals surface area contributed by atoms with E-state index >= 15 is 0 Å². The highest BCUT2D eigenvalue weighted by molar-refractivity contribution is 5.76. The summed E-state index contributed by atoms with van der Waals surface area (Å²) in [6.07, 6.45) is 2.19. The van der Waals surface area contributed by atoms with Gasteiger partial charge < -0.3 is 15.7 Å². The lowest BCUT2D eigenvalue weighted by Crippen LogP contribution is -2.48. The summed E-state index contributed by atoms with van der Waals surface area (Å²) in [7, 11) is 0. The minimum Gasteiger partial charge on any atom is -0.394 e. The van der Waals surface area contributed by atoms with E-state index in [9.17, 15) is 9.90 Å². The van der Waals surface area contributed by atoms with Crippen LogP contribution in [0.3, 0.4) is 0 Å². The van der Waals surface area contributed by atoms with Crippen molar-refractivity contribution in [2.24, 2.45) is 0 Å². The zero-order valence-electron chi connectivity index (χ0n) is 11.0. The molecule has 0 aliphatic heterocycles. The summed E-state index contributed by atoms with van der Waals surface area (Å²) in [6, 6.07) is 0.187. The average molecular weight is 230 g/mol. The van der Waals surface area contributed by atoms with Crippen LogP contribution in [0.25, 0.3) is 0 Å². The molecule has 0 unspecified atom stereocenters. The van der Waals surface area contributed by atoms with Gasteiger partial charge in [0.15, 0.2) is 0 Å². The fourth-order valence-electron chi connectivity index (χ4n) is 1.61. The Morgan fingerprint density at radius 3 is 2.25 bits per heavy atom. The lowest BCUT2D eigenvalue weighted by atomic mass is 9.94. The molecule has 0 radical (unpaired) electrons. The normalized spacial score (nSPS) is 11.9. The van der Waals surface area contributed by atoms with Crippen molar-refractivity contribution in [3.8, 4) is 0 Å². The molecule has 0 fully saturated rings. The third-order valence-corrected chi connectivity index (χ3v) is 2.96. The highest BCUT2D eigenvalue weighted by Crippen LogP contribution is 2.13. The predicted octanol–water partition coefficient (Wildman–Crippen LogP) is 1.04. The molecule has 0 aromatic heterocycles. The van der Waals surface area contributed by atoms with Gasteiger partial charge in [-0.05, 0) is 26.7 Å². The van der Waals surface area contributed by atoms with Crippen molar-refractivity contribution in [2.45, 2.75) is 58.5 Å². The smallest absolute Gasteiger partial charge is 0.221 e. The lowest BCUT2D eigenvalue weighted by molar-refractivity contribution is -0.121. The third kappa shape index (κ3) is 5.47. The maximum absolute atomic E-state index is 11.4. The molecule has 0 aromatic carbocycles. The molecule has 1 amide bonds. The highest BCUT2D eigenvalue weighted by Gasteiger charge is 2.24. The number of aliphatic hydroxyl groups excluding tert-OH is 1. The van der Waals surface area contributed by atoms with Gasteiger partial charge in [0.2, 0.25) is 5.91 Å². The number of hydrogen-bond acceptors (Lipinski definition) is 3. The molecule has 0 atom stereocenters. The van der Waals surface area contributed by atoms with E-state index in [-0.39, 0.29) is 24.1 Å². The van der Waals surface area contributed by atoms with Gasteiger partial charge in [-0.25, -0.2) is 0 Å². The first-order valence-electron chi connectivity index (χ1n) is 6.15. The molecule has 0 bridgehead atoms. The van der Waals surface area contributed by atoms with Crippen molar-refractivity contribution in [3.05, 3.63) is 0 Å². The van der Waals surface area contributed by atoms with E-state index in [2.05, 4.69) is 10.6 Å². The summed E-state index contributed by atoms with van der Waals surface area (Å²) in [4.78, 5) is 11.4. The minimum atomic E-state index is -0.224. The van der Waals surface area contributed by atoms with Crippen molar-refractivity contribution in [2.75, 3.05) is 13.2 Å². The van der Waals surface area contributed by atoms with Crippen molar-refractivity contribution in [1.82, 2.24) is 10.6 Å². The van der Waals surface area contributed by atoms with Crippen LogP contribution < -0.4 is 10.6 Å². The van der Waals surface area contributed by atoms with Gasteiger partial charge in [0.1, 0.15) is 0 Å². The number of hydrogen-bond donors (Lipinski definition) is 3. The van der Waals surface area contributed by atoms with E-state index in [1.165, 1.54) is 0 Å². The Balaban J connectivity index is 3.91. The molecular formula is C12H26N2O2. The molecule has 0 saturated heterocycles. The van der Waals surface area contributed by atoms with Crippen LogP contribution >= 0.6 is 0 Å². The summed E-state index contributed by atoms with van der Waals surface area (Å²) in [5, 5.41) is 15.4. The van der Waals surface area contributed by atoms with Gasteiger partial charge >= 0.3 is 0 Å². The molecule has 16 heavy (non-hydrogen) atoms. The molecule has 0 aliphatic rings. The summed E-state index contributed by atoms with van der Waals surface area (Å²) in [5.74, 6) is 0.0570. The van der Waals surface area contributed by atoms with E-state index in [4.69, 9.17) is 0 Å². The Morgan fingerprint density at radius 2 is 1.88 bits per heavy atom. The largest absolute Gasteiger partial charge is 0.394 e. The molecule has 4 nitrogen and oxygen atoms in total. The monoisotopic (exact) mass is 230 g/mol. The van der Waals surface area contributed by atoms with Gasteiger partial charge in [-0.2, -0.15) is 0 Å². The van der Waals surface area contributed by atoms with Crippen LogP contribution in [-0.4, -0.2) is 35.7 Å². The van der Waals surface area contributed by atoms with Gasteiger partial charge in [-0.1, -0.05) is 13.8 Å². The highest BCUT2D eigenvalue weighted by atomic mass is 16.3. The molecule has 0 saturated carbocycles. The number of rotatable bonds is 8. The van der Waals surface area contributed by atoms with E-state index in [0.29, 0.717) is 13.0 Å². The molecule has 4 heteroatoms. The zero-order chi connectivity index (χ0) is 12.6. The average Bonchev–Trinajstić information content (AvgIpc) is 2.24. The first-order chi connectivity index (χ1) is 7.49. The van der Waals surface area contributed by atoms with Crippen molar-refractivity contribution in [3.63, 3.8) is 0 Å². The fraction of sp³-hybridized carbons (Fsp3) is 0.917. The van der Waals surface area contributed by atoms with E-state index in [1.807, 2.05) is 27.7 Å². The molecule has 0 spiro atoms. The van der Waals surface area contributed by atoms with Gasteiger partial charge in [0.25, 0.3) is 0 Å². The molecule has 0 rings (SSSR count). The summed E-state index contributed by atoms with van der Waals surface area (Å²) in [5.41, 5.74) is -0.224. The second-order valence-corrected chi connectivity index (χ2v) is 4.54. The van der Waals surface area contributed by atoms with Crippen molar-refractivity contribution < 1.29 is 9.90 Å². The number of carbonyl (C=O) groups is 1. The molecular weight excluding hydrogens is 204 g/mol. The first kappa shape index (κ1) is 15.4. The van der Waals surface area contributed by atoms with Crippen LogP contribution in [0.1, 0.15) is 47.0 Å². The quantitative estimate of drug-likeness (QED) is 0.584. The van der Waals surface area contributed by atoms with Crippen LogP contribution in [0, 0.1) is 0 Å². The fourth-order valence-corrected chi connectivity index (χ4v) is 1.61.